The lowest BCUT2D eigenvalue weighted by atomic mass is 9.71. The third-order valence-corrected chi connectivity index (χ3v) is 5.48. The third-order valence-electron chi connectivity index (χ3n) is 5.48. The molecule has 1 aromatic rings. The molecule has 130 valence electrons. The Kier molecular flexibility index (Phi) is 4.34. The first kappa shape index (κ1) is 16.5. The van der Waals surface area contributed by atoms with Gasteiger partial charge in [0.1, 0.15) is 0 Å². The molecule has 7 heteroatoms. The van der Waals surface area contributed by atoms with Gasteiger partial charge >= 0.3 is 5.69 Å². The van der Waals surface area contributed by atoms with Gasteiger partial charge in [0, 0.05) is 50.9 Å². The smallest absolute Gasteiger partial charge is 0.311 e. The van der Waals surface area contributed by atoms with Crippen LogP contribution in [-0.4, -0.2) is 49.5 Å². The maximum absolute atomic E-state index is 12.0. The van der Waals surface area contributed by atoms with Crippen LogP contribution in [0.5, 0.6) is 5.75 Å². The molecule has 2 aliphatic heterocycles. The van der Waals surface area contributed by atoms with Gasteiger partial charge in [0.05, 0.1) is 12.0 Å². The monoisotopic (exact) mass is 333 g/mol. The first-order chi connectivity index (χ1) is 11.4. The normalized spacial score (nSPS) is 20.3. The molecule has 7 nitrogen and oxygen atoms in total. The Morgan fingerprint density at radius 2 is 1.88 bits per heavy atom. The van der Waals surface area contributed by atoms with Crippen LogP contribution in [0.2, 0.25) is 0 Å². The topological polar surface area (TPSA) is 75.9 Å². The number of nitro groups is 1. The number of nitro benzene ring substituents is 1. The second-order valence-electron chi connectivity index (χ2n) is 6.84. The number of carbonyl (C=O) groups excluding carboxylic acids is 1. The van der Waals surface area contributed by atoms with Crippen molar-refractivity contribution in [3.05, 3.63) is 28.3 Å². The summed E-state index contributed by atoms with van der Waals surface area (Å²) in [5.41, 5.74) is 1.05. The molecular weight excluding hydrogens is 310 g/mol. The van der Waals surface area contributed by atoms with E-state index < -0.39 is 4.92 Å². The number of benzene rings is 1. The molecule has 1 aromatic carbocycles. The lowest BCUT2D eigenvalue weighted by molar-refractivity contribution is -0.385. The molecule has 24 heavy (non-hydrogen) atoms. The number of rotatable bonds is 3. The number of piperidine rings is 2. The van der Waals surface area contributed by atoms with Crippen molar-refractivity contribution in [2.75, 3.05) is 38.7 Å². The van der Waals surface area contributed by atoms with Gasteiger partial charge in [-0.1, -0.05) is 0 Å². The van der Waals surface area contributed by atoms with E-state index in [1.54, 1.807) is 12.1 Å². The lowest BCUT2D eigenvalue weighted by Gasteiger charge is -2.46. The Balaban J connectivity index is 1.71. The fraction of sp³-hybridized carbons (Fsp3) is 0.588. The highest BCUT2D eigenvalue weighted by Gasteiger charge is 2.40. The quantitative estimate of drug-likeness (QED) is 0.627. The Morgan fingerprint density at radius 3 is 2.46 bits per heavy atom. The predicted octanol–water partition coefficient (Wildman–Crippen LogP) is 2.44. The van der Waals surface area contributed by atoms with Gasteiger partial charge in [-0.3, -0.25) is 14.9 Å². The molecule has 0 bridgehead atoms. The number of carbonyl (C=O) groups is 1. The van der Waals surface area contributed by atoms with Crippen molar-refractivity contribution in [3.63, 3.8) is 0 Å². The van der Waals surface area contributed by atoms with E-state index in [9.17, 15) is 14.9 Å². The Labute approximate surface area is 141 Å². The van der Waals surface area contributed by atoms with Crippen LogP contribution in [0.15, 0.2) is 18.2 Å². The van der Waals surface area contributed by atoms with Crippen LogP contribution < -0.4 is 9.64 Å². The average Bonchev–Trinajstić information content (AvgIpc) is 2.58. The molecule has 2 saturated heterocycles. The molecule has 0 N–H and O–H groups in total. The molecule has 1 amide bonds. The summed E-state index contributed by atoms with van der Waals surface area (Å²) in [6, 6.07) is 5.01. The van der Waals surface area contributed by atoms with E-state index >= 15 is 0 Å². The van der Waals surface area contributed by atoms with Crippen molar-refractivity contribution in [2.45, 2.75) is 25.7 Å². The van der Waals surface area contributed by atoms with Gasteiger partial charge in [0.15, 0.2) is 5.75 Å². The van der Waals surface area contributed by atoms with Crippen LogP contribution >= 0.6 is 0 Å². The summed E-state index contributed by atoms with van der Waals surface area (Å²) in [5, 5.41) is 11.0. The van der Waals surface area contributed by atoms with Gasteiger partial charge in [-0.25, -0.2) is 0 Å². The van der Waals surface area contributed by atoms with Crippen LogP contribution in [0.25, 0.3) is 0 Å². The molecule has 0 unspecified atom stereocenters. The highest BCUT2D eigenvalue weighted by Crippen LogP contribution is 2.43. The maximum Gasteiger partial charge on any atom is 0.311 e. The SMILES string of the molecule is COc1cc(N2CCC3(CCN(C)C(=O)C3)CC2)ccc1[N+](=O)[O-]. The van der Waals surface area contributed by atoms with Crippen LogP contribution in [0.3, 0.4) is 0 Å². The Hall–Kier alpha value is -2.31. The minimum Gasteiger partial charge on any atom is -0.490 e. The fourth-order valence-corrected chi connectivity index (χ4v) is 3.75. The summed E-state index contributed by atoms with van der Waals surface area (Å²) in [4.78, 5) is 26.6. The summed E-state index contributed by atoms with van der Waals surface area (Å²) in [7, 11) is 3.31. The molecule has 0 radical (unpaired) electrons. The zero-order valence-corrected chi connectivity index (χ0v) is 14.2. The minimum absolute atomic E-state index is 0.0179. The van der Waals surface area contributed by atoms with Gasteiger partial charge in [-0.15, -0.1) is 0 Å². The molecule has 0 atom stereocenters. The molecular formula is C17H23N3O4. The van der Waals surface area contributed by atoms with Gasteiger partial charge in [0.25, 0.3) is 0 Å². The second-order valence-corrected chi connectivity index (χ2v) is 6.84. The predicted molar refractivity (Wildman–Crippen MR) is 90.4 cm³/mol. The average molecular weight is 333 g/mol. The van der Waals surface area contributed by atoms with Crippen molar-refractivity contribution in [2.24, 2.45) is 5.41 Å². The zero-order valence-electron chi connectivity index (χ0n) is 14.2. The highest BCUT2D eigenvalue weighted by molar-refractivity contribution is 5.77. The van der Waals surface area contributed by atoms with Gasteiger partial charge in [-0.2, -0.15) is 0 Å². The van der Waals surface area contributed by atoms with Crippen LogP contribution in [0.4, 0.5) is 11.4 Å². The van der Waals surface area contributed by atoms with E-state index in [2.05, 4.69) is 4.90 Å². The molecule has 2 heterocycles. The van der Waals surface area contributed by atoms with E-state index in [1.807, 2.05) is 11.9 Å². The van der Waals surface area contributed by atoms with Crippen molar-refractivity contribution < 1.29 is 14.5 Å². The van der Waals surface area contributed by atoms with E-state index in [4.69, 9.17) is 4.74 Å². The van der Waals surface area contributed by atoms with Crippen LogP contribution in [0, 0.1) is 15.5 Å². The highest BCUT2D eigenvalue weighted by atomic mass is 16.6. The molecule has 0 aliphatic carbocycles. The van der Waals surface area contributed by atoms with E-state index in [0.29, 0.717) is 6.42 Å². The third kappa shape index (κ3) is 3.02. The van der Waals surface area contributed by atoms with Crippen molar-refractivity contribution >= 4 is 17.3 Å². The van der Waals surface area contributed by atoms with E-state index in [-0.39, 0.29) is 22.8 Å². The lowest BCUT2D eigenvalue weighted by Crippen LogP contribution is -2.48. The molecule has 1 spiro atoms. The number of methoxy groups -OCH3 is 1. The number of ether oxygens (including phenoxy) is 1. The number of hydrogen-bond donors (Lipinski definition) is 0. The largest absolute Gasteiger partial charge is 0.490 e. The van der Waals surface area contributed by atoms with Crippen molar-refractivity contribution in [3.8, 4) is 5.75 Å². The standard InChI is InChI=1S/C17H23N3O4/c1-18-8-5-17(12-16(18)21)6-9-19(10-7-17)13-3-4-14(20(22)23)15(11-13)24-2/h3-4,11H,5-10,12H2,1-2H3. The second kappa shape index (κ2) is 6.30. The summed E-state index contributed by atoms with van der Waals surface area (Å²) in [5.74, 6) is 0.527. The molecule has 3 rings (SSSR count). The number of likely N-dealkylation sites (tertiary alicyclic amines) is 1. The molecule has 0 aromatic heterocycles. The molecule has 2 fully saturated rings. The van der Waals surface area contributed by atoms with Crippen molar-refractivity contribution in [1.29, 1.82) is 0 Å². The first-order valence-electron chi connectivity index (χ1n) is 8.25. The number of hydrogen-bond acceptors (Lipinski definition) is 5. The summed E-state index contributed by atoms with van der Waals surface area (Å²) >= 11 is 0. The zero-order chi connectivity index (χ0) is 17.3. The summed E-state index contributed by atoms with van der Waals surface area (Å²) in [6.07, 6.45) is 3.66. The van der Waals surface area contributed by atoms with E-state index in [0.717, 1.165) is 44.6 Å². The fourth-order valence-electron chi connectivity index (χ4n) is 3.75. The minimum atomic E-state index is -0.433. The van der Waals surface area contributed by atoms with Gasteiger partial charge in [0.2, 0.25) is 5.91 Å². The maximum atomic E-state index is 12.0. The summed E-state index contributed by atoms with van der Waals surface area (Å²) in [6.45, 7) is 2.56. The first-order valence-corrected chi connectivity index (χ1v) is 8.25. The van der Waals surface area contributed by atoms with Gasteiger partial charge < -0.3 is 14.5 Å². The van der Waals surface area contributed by atoms with Gasteiger partial charge in [-0.05, 0) is 30.7 Å². The van der Waals surface area contributed by atoms with Crippen LogP contribution in [0.1, 0.15) is 25.7 Å². The molecule has 0 saturated carbocycles. The number of nitrogens with zero attached hydrogens (tertiary/aromatic N) is 3. The van der Waals surface area contributed by atoms with E-state index in [1.165, 1.54) is 13.2 Å². The molecule has 2 aliphatic rings. The number of amides is 1. The number of anilines is 1. The van der Waals surface area contributed by atoms with Crippen molar-refractivity contribution in [1.82, 2.24) is 4.90 Å². The van der Waals surface area contributed by atoms with Crippen LogP contribution in [-0.2, 0) is 4.79 Å². The Bertz CT molecular complexity index is 653. The Morgan fingerprint density at radius 1 is 1.21 bits per heavy atom. The summed E-state index contributed by atoms with van der Waals surface area (Å²) < 4.78 is 5.16.